The molecule has 6 heteroatoms. The fourth-order valence-electron chi connectivity index (χ4n) is 2.13. The smallest absolute Gasteiger partial charge is 0.302 e. The van der Waals surface area contributed by atoms with Crippen molar-refractivity contribution >= 4 is 56.8 Å². The molecule has 0 saturated heterocycles. The van der Waals surface area contributed by atoms with Crippen LogP contribution in [0.5, 0.6) is 0 Å². The van der Waals surface area contributed by atoms with Crippen LogP contribution in [0.25, 0.3) is 0 Å². The molecule has 24 heavy (non-hydrogen) atoms. The van der Waals surface area contributed by atoms with Gasteiger partial charge < -0.3 is 4.74 Å². The van der Waals surface area contributed by atoms with Crippen LogP contribution in [0.4, 0.5) is 5.69 Å². The summed E-state index contributed by atoms with van der Waals surface area (Å²) in [5, 5.41) is 8.94. The van der Waals surface area contributed by atoms with E-state index in [0.717, 1.165) is 18.4 Å². The number of benzene rings is 2. The number of nitrogens with zero attached hydrogens (tertiary/aromatic N) is 2. The predicted octanol–water partition coefficient (Wildman–Crippen LogP) is 5.54. The molecular weight excluding hydrogens is 530 g/mol. The summed E-state index contributed by atoms with van der Waals surface area (Å²) in [6.07, 6.45) is 0.645. The maximum Gasteiger partial charge on any atom is 0.302 e. The number of rotatable bonds is 6. The summed E-state index contributed by atoms with van der Waals surface area (Å²) in [5.41, 5.74) is 1.36. The third-order valence-corrected chi connectivity index (χ3v) is 5.33. The second-order valence-corrected chi connectivity index (χ2v) is 8.02. The first-order valence-corrected chi connectivity index (χ1v) is 9.59. The van der Waals surface area contributed by atoms with Gasteiger partial charge in [0.05, 0.1) is 5.69 Å². The van der Waals surface area contributed by atoms with Crippen molar-refractivity contribution in [2.45, 2.75) is 25.8 Å². The lowest BCUT2D eigenvalue weighted by atomic mass is 9.94. The highest BCUT2D eigenvalue weighted by Gasteiger charge is 2.27. The quantitative estimate of drug-likeness (QED) is 0.271. The molecule has 1 atom stereocenters. The molecule has 2 rings (SSSR count). The molecule has 2 aromatic rings. The van der Waals surface area contributed by atoms with E-state index >= 15 is 0 Å². The van der Waals surface area contributed by atoms with E-state index < -0.39 is 5.54 Å². The molecule has 0 fully saturated rings. The third-order valence-electron chi connectivity index (χ3n) is 3.37. The van der Waals surface area contributed by atoms with Gasteiger partial charge in [-0.2, -0.15) is 10.2 Å². The fraction of sp³-hybridized carbons (Fsp3) is 0.278. The fourth-order valence-corrected chi connectivity index (χ4v) is 3.21. The van der Waals surface area contributed by atoms with Crippen LogP contribution in [0.1, 0.15) is 19.4 Å². The van der Waals surface area contributed by atoms with Crippen LogP contribution in [-0.4, -0.2) is 18.1 Å². The van der Waals surface area contributed by atoms with E-state index in [2.05, 4.69) is 67.5 Å². The van der Waals surface area contributed by atoms with Gasteiger partial charge in [-0.05, 0) is 75.9 Å². The maximum atomic E-state index is 11.2. The van der Waals surface area contributed by atoms with Gasteiger partial charge in [0.25, 0.3) is 0 Å². The van der Waals surface area contributed by atoms with Crippen LogP contribution in [-0.2, 0) is 16.0 Å². The van der Waals surface area contributed by atoms with Crippen molar-refractivity contribution in [1.29, 1.82) is 0 Å². The van der Waals surface area contributed by atoms with Crippen molar-refractivity contribution in [2.75, 3.05) is 6.61 Å². The van der Waals surface area contributed by atoms with Crippen molar-refractivity contribution in [1.82, 2.24) is 0 Å². The number of esters is 1. The van der Waals surface area contributed by atoms with Gasteiger partial charge in [-0.25, -0.2) is 0 Å². The van der Waals surface area contributed by atoms with Crippen LogP contribution in [0, 0.1) is 7.14 Å². The van der Waals surface area contributed by atoms with E-state index in [4.69, 9.17) is 4.74 Å². The molecule has 0 aromatic heterocycles. The Kier molecular flexibility index (Phi) is 7.15. The molecule has 0 aliphatic carbocycles. The molecule has 0 bridgehead atoms. The topological polar surface area (TPSA) is 51.0 Å². The third kappa shape index (κ3) is 5.80. The second kappa shape index (κ2) is 8.89. The molecule has 0 aliphatic heterocycles. The summed E-state index contributed by atoms with van der Waals surface area (Å²) in [6.45, 7) is 3.56. The maximum absolute atomic E-state index is 11.2. The van der Waals surface area contributed by atoms with E-state index in [0.29, 0.717) is 6.42 Å². The van der Waals surface area contributed by atoms with Crippen molar-refractivity contribution < 1.29 is 9.53 Å². The Morgan fingerprint density at radius 2 is 1.71 bits per heavy atom. The monoisotopic (exact) mass is 548 g/mol. The van der Waals surface area contributed by atoms with Crippen LogP contribution in [0.2, 0.25) is 0 Å². The van der Waals surface area contributed by atoms with Gasteiger partial charge in [0.2, 0.25) is 0 Å². The van der Waals surface area contributed by atoms with Gasteiger partial charge in [-0.1, -0.05) is 30.3 Å². The molecule has 1 unspecified atom stereocenters. The van der Waals surface area contributed by atoms with Crippen molar-refractivity contribution in [3.8, 4) is 0 Å². The zero-order valence-electron chi connectivity index (χ0n) is 13.5. The summed E-state index contributed by atoms with van der Waals surface area (Å²) < 4.78 is 7.43. The van der Waals surface area contributed by atoms with Gasteiger partial charge >= 0.3 is 5.97 Å². The summed E-state index contributed by atoms with van der Waals surface area (Å²) in [6, 6.07) is 15.9. The van der Waals surface area contributed by atoms with Crippen LogP contribution < -0.4 is 0 Å². The Bertz CT molecular complexity index is 749. The minimum absolute atomic E-state index is 0.195. The van der Waals surface area contributed by atoms with Gasteiger partial charge in [0.15, 0.2) is 0 Å². The average molecular weight is 548 g/mol. The number of carbonyl (C=O) groups excluding carboxylic acids is 1. The molecule has 0 saturated carbocycles. The van der Waals surface area contributed by atoms with Crippen molar-refractivity contribution in [3.05, 3.63) is 61.2 Å². The molecular formula is C18H18I2N2O2. The van der Waals surface area contributed by atoms with E-state index in [1.165, 1.54) is 6.92 Å². The molecule has 0 amide bonds. The Labute approximate surface area is 169 Å². The molecule has 4 nitrogen and oxygen atoms in total. The van der Waals surface area contributed by atoms with E-state index in [9.17, 15) is 4.79 Å². The minimum atomic E-state index is -0.619. The van der Waals surface area contributed by atoms with E-state index in [1.54, 1.807) is 0 Å². The second-order valence-electron chi connectivity index (χ2n) is 5.70. The summed E-state index contributed by atoms with van der Waals surface area (Å²) in [4.78, 5) is 11.2. The van der Waals surface area contributed by atoms with Crippen molar-refractivity contribution in [2.24, 2.45) is 10.2 Å². The highest BCUT2D eigenvalue weighted by molar-refractivity contribution is 14.1. The Morgan fingerprint density at radius 1 is 1.08 bits per heavy atom. The molecule has 2 aromatic carbocycles. The first-order chi connectivity index (χ1) is 11.4. The normalized spacial score (nSPS) is 13.7. The SMILES string of the molecule is CC(=O)OCC(C)(Cc1ccccc1I)N=Nc1ccccc1I. The van der Waals surface area contributed by atoms with Crippen LogP contribution in [0.3, 0.4) is 0 Å². The largest absolute Gasteiger partial charge is 0.463 e. The molecule has 0 spiro atoms. The van der Waals surface area contributed by atoms with E-state index in [1.807, 2.05) is 43.3 Å². The number of halogens is 2. The summed E-state index contributed by atoms with van der Waals surface area (Å²) in [5.74, 6) is -0.312. The lowest BCUT2D eigenvalue weighted by molar-refractivity contribution is -0.142. The van der Waals surface area contributed by atoms with Crippen molar-refractivity contribution in [3.63, 3.8) is 0 Å². The lowest BCUT2D eigenvalue weighted by Gasteiger charge is -2.24. The standard InChI is InChI=1S/C18H18I2N2O2/c1-13(23)24-12-18(2,11-14-7-3-4-8-15(14)19)22-21-17-10-6-5-9-16(17)20/h3-10H,11-12H2,1-2H3. The number of ether oxygens (including phenoxy) is 1. The van der Waals surface area contributed by atoms with Gasteiger partial charge in [0.1, 0.15) is 12.1 Å². The number of hydrogen-bond donors (Lipinski definition) is 0. The summed E-state index contributed by atoms with van der Waals surface area (Å²) in [7, 11) is 0. The zero-order valence-corrected chi connectivity index (χ0v) is 17.8. The Balaban J connectivity index is 2.27. The Morgan fingerprint density at radius 3 is 2.33 bits per heavy atom. The molecule has 0 N–H and O–H groups in total. The first kappa shape index (κ1) is 19.3. The summed E-state index contributed by atoms with van der Waals surface area (Å²) >= 11 is 4.54. The number of azo groups is 1. The van der Waals surface area contributed by atoms with Gasteiger partial charge in [-0.3, -0.25) is 4.79 Å². The molecule has 126 valence electrons. The molecule has 0 aliphatic rings. The Hall–Kier alpha value is -1.03. The highest BCUT2D eigenvalue weighted by Crippen LogP contribution is 2.26. The van der Waals surface area contributed by atoms with Crippen LogP contribution in [0.15, 0.2) is 58.8 Å². The average Bonchev–Trinajstić information content (AvgIpc) is 2.55. The molecule has 0 heterocycles. The first-order valence-electron chi connectivity index (χ1n) is 7.44. The van der Waals surface area contributed by atoms with E-state index in [-0.39, 0.29) is 12.6 Å². The number of hydrogen-bond acceptors (Lipinski definition) is 4. The zero-order chi connectivity index (χ0) is 17.6. The highest BCUT2D eigenvalue weighted by atomic mass is 127. The number of carbonyl (C=O) groups is 1. The predicted molar refractivity (Wildman–Crippen MR) is 112 cm³/mol. The lowest BCUT2D eigenvalue weighted by Crippen LogP contribution is -2.32. The van der Waals surface area contributed by atoms with Gasteiger partial charge in [0, 0.05) is 20.5 Å². The molecule has 0 radical (unpaired) electrons. The minimum Gasteiger partial charge on any atom is -0.463 e. The van der Waals surface area contributed by atoms with Crippen LogP contribution >= 0.6 is 45.2 Å². The van der Waals surface area contributed by atoms with Gasteiger partial charge in [-0.15, -0.1) is 0 Å².